The molecule has 160 valence electrons. The molecule has 1 saturated heterocycles. The molecule has 0 saturated carbocycles. The SMILES string of the molecule is COc1cc(NC(=O)c2sc(Cc3ccc(F)cc3)nc2C)ccc1N1CCCC1=O. The third-order valence-corrected chi connectivity index (χ3v) is 6.27. The van der Waals surface area contributed by atoms with Gasteiger partial charge in [0.05, 0.1) is 23.5 Å². The summed E-state index contributed by atoms with van der Waals surface area (Å²) in [6.45, 7) is 2.46. The predicted molar refractivity (Wildman–Crippen MR) is 119 cm³/mol. The van der Waals surface area contributed by atoms with E-state index in [1.54, 1.807) is 49.3 Å². The van der Waals surface area contributed by atoms with Crippen molar-refractivity contribution in [1.29, 1.82) is 0 Å². The number of thiazole rings is 1. The van der Waals surface area contributed by atoms with Crippen molar-refractivity contribution < 1.29 is 18.7 Å². The number of aryl methyl sites for hydroxylation is 1. The van der Waals surface area contributed by atoms with Gasteiger partial charge in [0.15, 0.2) is 0 Å². The van der Waals surface area contributed by atoms with Gasteiger partial charge in [0, 0.05) is 31.1 Å². The topological polar surface area (TPSA) is 71.5 Å². The van der Waals surface area contributed by atoms with Crippen LogP contribution in [0.25, 0.3) is 0 Å². The van der Waals surface area contributed by atoms with E-state index in [1.165, 1.54) is 23.5 Å². The van der Waals surface area contributed by atoms with Crippen molar-refractivity contribution >= 4 is 34.5 Å². The minimum absolute atomic E-state index is 0.0732. The van der Waals surface area contributed by atoms with Crippen molar-refractivity contribution in [3.8, 4) is 5.75 Å². The lowest BCUT2D eigenvalue weighted by Gasteiger charge is -2.19. The lowest BCUT2D eigenvalue weighted by molar-refractivity contribution is -0.117. The number of anilines is 2. The zero-order valence-electron chi connectivity index (χ0n) is 17.3. The van der Waals surface area contributed by atoms with Gasteiger partial charge in [-0.2, -0.15) is 0 Å². The van der Waals surface area contributed by atoms with Crippen LogP contribution in [0.5, 0.6) is 5.75 Å². The lowest BCUT2D eigenvalue weighted by Crippen LogP contribution is -2.24. The quantitative estimate of drug-likeness (QED) is 0.611. The number of aromatic nitrogens is 1. The fourth-order valence-electron chi connectivity index (χ4n) is 3.58. The second-order valence-corrected chi connectivity index (χ2v) is 8.40. The Morgan fingerprint density at radius 2 is 2.03 bits per heavy atom. The first-order chi connectivity index (χ1) is 14.9. The Bertz CT molecular complexity index is 1130. The van der Waals surface area contributed by atoms with E-state index >= 15 is 0 Å². The summed E-state index contributed by atoms with van der Waals surface area (Å²) in [7, 11) is 1.54. The molecule has 0 aliphatic carbocycles. The Hall–Kier alpha value is -3.26. The van der Waals surface area contributed by atoms with Crippen molar-refractivity contribution in [1.82, 2.24) is 4.98 Å². The van der Waals surface area contributed by atoms with Crippen LogP contribution in [0.2, 0.25) is 0 Å². The van der Waals surface area contributed by atoms with Gasteiger partial charge < -0.3 is 15.0 Å². The van der Waals surface area contributed by atoms with Gasteiger partial charge in [-0.1, -0.05) is 12.1 Å². The summed E-state index contributed by atoms with van der Waals surface area (Å²) in [6.07, 6.45) is 1.89. The molecule has 0 bridgehead atoms. The molecule has 6 nitrogen and oxygen atoms in total. The van der Waals surface area contributed by atoms with E-state index in [4.69, 9.17) is 4.74 Å². The second kappa shape index (κ2) is 8.85. The van der Waals surface area contributed by atoms with Crippen molar-refractivity contribution in [3.63, 3.8) is 0 Å². The molecule has 4 rings (SSSR count). The van der Waals surface area contributed by atoms with Gasteiger partial charge >= 0.3 is 0 Å². The average molecular weight is 440 g/mol. The maximum atomic E-state index is 13.1. The highest BCUT2D eigenvalue weighted by molar-refractivity contribution is 7.14. The second-order valence-electron chi connectivity index (χ2n) is 7.32. The largest absolute Gasteiger partial charge is 0.494 e. The van der Waals surface area contributed by atoms with Crippen LogP contribution >= 0.6 is 11.3 Å². The highest BCUT2D eigenvalue weighted by atomic mass is 32.1. The highest BCUT2D eigenvalue weighted by Gasteiger charge is 2.25. The van der Waals surface area contributed by atoms with E-state index in [-0.39, 0.29) is 17.6 Å². The molecule has 0 unspecified atom stereocenters. The van der Waals surface area contributed by atoms with E-state index in [0.717, 1.165) is 17.0 Å². The van der Waals surface area contributed by atoms with Crippen LogP contribution in [0.1, 0.15) is 38.8 Å². The van der Waals surface area contributed by atoms with Gasteiger partial charge in [-0.25, -0.2) is 9.37 Å². The summed E-state index contributed by atoms with van der Waals surface area (Å²) in [5, 5.41) is 3.67. The highest BCUT2D eigenvalue weighted by Crippen LogP contribution is 2.34. The Morgan fingerprint density at radius 1 is 1.26 bits per heavy atom. The van der Waals surface area contributed by atoms with Crippen LogP contribution in [0.15, 0.2) is 42.5 Å². The number of carbonyl (C=O) groups is 2. The number of hydrogen-bond donors (Lipinski definition) is 1. The number of ether oxygens (including phenoxy) is 1. The van der Waals surface area contributed by atoms with Crippen molar-refractivity contribution in [2.45, 2.75) is 26.2 Å². The monoisotopic (exact) mass is 439 g/mol. The molecule has 3 aromatic rings. The summed E-state index contributed by atoms with van der Waals surface area (Å²) in [4.78, 5) is 31.6. The van der Waals surface area contributed by atoms with Crippen LogP contribution in [-0.2, 0) is 11.2 Å². The molecule has 31 heavy (non-hydrogen) atoms. The Balaban J connectivity index is 1.49. The molecule has 2 aromatic carbocycles. The molecule has 0 atom stereocenters. The summed E-state index contributed by atoms with van der Waals surface area (Å²) in [5.74, 6) is 0.0669. The minimum atomic E-state index is -0.283. The molecular weight excluding hydrogens is 417 g/mol. The Kier molecular flexibility index (Phi) is 5.99. The van der Waals surface area contributed by atoms with Gasteiger partial charge in [-0.05, 0) is 43.2 Å². The standard InChI is InChI=1S/C23H22FN3O3S/c1-14-22(31-20(25-14)12-15-5-7-16(24)8-6-15)23(29)26-17-9-10-18(19(13-17)30-2)27-11-3-4-21(27)28/h5-10,13H,3-4,11-12H2,1-2H3,(H,26,29). The van der Waals surface area contributed by atoms with Crippen LogP contribution < -0.4 is 15.0 Å². The molecule has 0 spiro atoms. The van der Waals surface area contributed by atoms with Gasteiger partial charge in [0.25, 0.3) is 5.91 Å². The molecule has 1 N–H and O–H groups in total. The molecule has 2 amide bonds. The van der Waals surface area contributed by atoms with E-state index < -0.39 is 0 Å². The number of halogens is 1. The van der Waals surface area contributed by atoms with Gasteiger partial charge in [0.2, 0.25) is 5.91 Å². The van der Waals surface area contributed by atoms with E-state index in [1.807, 2.05) is 0 Å². The summed E-state index contributed by atoms with van der Waals surface area (Å²) in [6, 6.07) is 11.5. The van der Waals surface area contributed by atoms with Crippen molar-refractivity contribution in [2.24, 2.45) is 0 Å². The molecule has 2 heterocycles. The zero-order valence-corrected chi connectivity index (χ0v) is 18.1. The fourth-order valence-corrected chi connectivity index (χ4v) is 4.58. The van der Waals surface area contributed by atoms with Crippen LogP contribution in [0.4, 0.5) is 15.8 Å². The van der Waals surface area contributed by atoms with E-state index in [9.17, 15) is 14.0 Å². The summed E-state index contributed by atoms with van der Waals surface area (Å²) < 4.78 is 18.6. The molecule has 1 fully saturated rings. The Labute approximate surface area is 183 Å². The number of rotatable bonds is 6. The molecule has 8 heteroatoms. The number of amides is 2. The normalized spacial score (nSPS) is 13.5. The minimum Gasteiger partial charge on any atom is -0.494 e. The third kappa shape index (κ3) is 4.59. The maximum Gasteiger partial charge on any atom is 0.267 e. The molecule has 0 radical (unpaired) electrons. The number of nitrogens with one attached hydrogen (secondary N) is 1. The van der Waals surface area contributed by atoms with Crippen molar-refractivity contribution in [3.05, 3.63) is 69.4 Å². The number of methoxy groups -OCH3 is 1. The van der Waals surface area contributed by atoms with Crippen LogP contribution in [-0.4, -0.2) is 30.5 Å². The smallest absolute Gasteiger partial charge is 0.267 e. The zero-order chi connectivity index (χ0) is 22.0. The van der Waals surface area contributed by atoms with Gasteiger partial charge in [-0.15, -0.1) is 11.3 Å². The van der Waals surface area contributed by atoms with Crippen LogP contribution in [0, 0.1) is 12.7 Å². The number of benzene rings is 2. The fraction of sp³-hybridized carbons (Fsp3) is 0.261. The average Bonchev–Trinajstić information content (AvgIpc) is 3.34. The molecule has 1 aliphatic rings. The van der Waals surface area contributed by atoms with Crippen LogP contribution in [0.3, 0.4) is 0 Å². The van der Waals surface area contributed by atoms with Gasteiger partial charge in [-0.3, -0.25) is 9.59 Å². The third-order valence-electron chi connectivity index (χ3n) is 5.12. The van der Waals surface area contributed by atoms with Crippen molar-refractivity contribution in [2.75, 3.05) is 23.9 Å². The predicted octanol–water partition coefficient (Wildman–Crippen LogP) is 4.57. The van der Waals surface area contributed by atoms with E-state index in [2.05, 4.69) is 10.3 Å². The first-order valence-corrected chi connectivity index (χ1v) is 10.8. The molecule has 1 aliphatic heterocycles. The van der Waals surface area contributed by atoms with Gasteiger partial charge in [0.1, 0.15) is 16.4 Å². The summed E-state index contributed by atoms with van der Waals surface area (Å²) in [5.41, 5.74) is 2.86. The summed E-state index contributed by atoms with van der Waals surface area (Å²) >= 11 is 1.32. The Morgan fingerprint density at radius 3 is 2.71 bits per heavy atom. The van der Waals surface area contributed by atoms with E-state index in [0.29, 0.717) is 47.1 Å². The molecular formula is C23H22FN3O3S. The molecule has 1 aromatic heterocycles. The first kappa shape index (κ1) is 21.0. The maximum absolute atomic E-state index is 13.1. The number of nitrogens with zero attached hydrogens (tertiary/aromatic N) is 2. The lowest BCUT2D eigenvalue weighted by atomic mass is 10.1. The number of carbonyl (C=O) groups excluding carboxylic acids is 2. The number of hydrogen-bond acceptors (Lipinski definition) is 5. The first-order valence-electron chi connectivity index (χ1n) is 9.95.